The maximum atomic E-state index is 13.6. The van der Waals surface area contributed by atoms with Crippen LogP contribution in [0.25, 0.3) is 6.08 Å². The highest BCUT2D eigenvalue weighted by Gasteiger charge is 2.14. The fourth-order valence-electron chi connectivity index (χ4n) is 2.43. The average molecular weight is 395 g/mol. The van der Waals surface area contributed by atoms with Gasteiger partial charge < -0.3 is 15.2 Å². The van der Waals surface area contributed by atoms with E-state index >= 15 is 0 Å². The van der Waals surface area contributed by atoms with Crippen LogP contribution in [0.15, 0.2) is 78.5 Å². The molecule has 3 aromatic carbocycles. The summed E-state index contributed by atoms with van der Waals surface area (Å²) in [4.78, 5) is 23.6. The number of para-hydroxylation sites is 1. The lowest BCUT2D eigenvalue weighted by atomic mass is 10.1. The molecule has 0 heterocycles. The number of benzene rings is 3. The number of rotatable bonds is 6. The van der Waals surface area contributed by atoms with E-state index in [0.717, 1.165) is 6.07 Å². The van der Waals surface area contributed by atoms with Gasteiger partial charge in [0.1, 0.15) is 17.3 Å². The molecule has 7 heteroatoms. The molecule has 0 unspecified atom stereocenters. The van der Waals surface area contributed by atoms with E-state index in [-0.39, 0.29) is 17.0 Å². The van der Waals surface area contributed by atoms with Crippen LogP contribution in [0.1, 0.15) is 15.9 Å². The van der Waals surface area contributed by atoms with Crippen molar-refractivity contribution in [3.05, 3.63) is 101 Å². The first kappa shape index (κ1) is 19.8. The van der Waals surface area contributed by atoms with Crippen LogP contribution in [-0.4, -0.2) is 17.0 Å². The van der Waals surface area contributed by atoms with E-state index in [0.29, 0.717) is 11.3 Å². The van der Waals surface area contributed by atoms with Crippen molar-refractivity contribution in [3.8, 4) is 11.5 Å². The molecule has 0 aromatic heterocycles. The number of amides is 1. The summed E-state index contributed by atoms with van der Waals surface area (Å²) < 4.78 is 32.3. The Kier molecular flexibility index (Phi) is 5.99. The smallest absolute Gasteiger partial charge is 0.352 e. The molecule has 2 N–H and O–H groups in total. The van der Waals surface area contributed by atoms with Crippen LogP contribution >= 0.6 is 0 Å². The number of nitrogens with one attached hydrogen (secondary N) is 1. The normalized spacial score (nSPS) is 11.0. The molecule has 0 saturated heterocycles. The van der Waals surface area contributed by atoms with E-state index < -0.39 is 23.5 Å². The van der Waals surface area contributed by atoms with Crippen LogP contribution in [-0.2, 0) is 4.79 Å². The second-order valence-electron chi connectivity index (χ2n) is 5.93. The van der Waals surface area contributed by atoms with E-state index in [4.69, 9.17) is 4.74 Å². The lowest BCUT2D eigenvalue weighted by molar-refractivity contribution is -0.132. The second kappa shape index (κ2) is 8.79. The third kappa shape index (κ3) is 5.26. The molecule has 0 fully saturated rings. The van der Waals surface area contributed by atoms with Gasteiger partial charge >= 0.3 is 5.97 Å². The van der Waals surface area contributed by atoms with Crippen molar-refractivity contribution in [1.29, 1.82) is 0 Å². The Morgan fingerprint density at radius 1 is 0.931 bits per heavy atom. The van der Waals surface area contributed by atoms with Crippen molar-refractivity contribution in [2.45, 2.75) is 0 Å². The molecule has 0 spiro atoms. The third-order valence-corrected chi connectivity index (χ3v) is 3.82. The lowest BCUT2D eigenvalue weighted by Crippen LogP contribution is -2.27. The highest BCUT2D eigenvalue weighted by Crippen LogP contribution is 2.24. The van der Waals surface area contributed by atoms with Gasteiger partial charge in [-0.1, -0.05) is 30.3 Å². The fourth-order valence-corrected chi connectivity index (χ4v) is 2.43. The van der Waals surface area contributed by atoms with Gasteiger partial charge in [0, 0.05) is 5.56 Å². The first-order chi connectivity index (χ1) is 13.9. The quantitative estimate of drug-likeness (QED) is 0.598. The van der Waals surface area contributed by atoms with Gasteiger partial charge in [0.15, 0.2) is 11.6 Å². The molecule has 0 atom stereocenters. The van der Waals surface area contributed by atoms with Crippen LogP contribution in [0.5, 0.6) is 11.5 Å². The Hall–Kier alpha value is -4.00. The van der Waals surface area contributed by atoms with Crippen molar-refractivity contribution < 1.29 is 28.2 Å². The maximum Gasteiger partial charge on any atom is 0.352 e. The topological polar surface area (TPSA) is 75.6 Å². The summed E-state index contributed by atoms with van der Waals surface area (Å²) in [5.41, 5.74) is 0.0654. The zero-order chi connectivity index (χ0) is 20.8. The molecule has 0 bridgehead atoms. The van der Waals surface area contributed by atoms with E-state index in [1.165, 1.54) is 48.5 Å². The van der Waals surface area contributed by atoms with Crippen molar-refractivity contribution in [1.82, 2.24) is 5.32 Å². The van der Waals surface area contributed by atoms with E-state index in [2.05, 4.69) is 5.32 Å². The van der Waals surface area contributed by atoms with Gasteiger partial charge in [-0.2, -0.15) is 0 Å². The van der Waals surface area contributed by atoms with E-state index in [1.807, 2.05) is 0 Å². The van der Waals surface area contributed by atoms with Crippen molar-refractivity contribution in [2.75, 3.05) is 0 Å². The minimum absolute atomic E-state index is 0.00853. The number of hydrogen-bond donors (Lipinski definition) is 2. The summed E-state index contributed by atoms with van der Waals surface area (Å²) in [6.45, 7) is 0. The van der Waals surface area contributed by atoms with E-state index in [1.54, 1.807) is 24.3 Å². The summed E-state index contributed by atoms with van der Waals surface area (Å²) >= 11 is 0. The number of hydrogen-bond acceptors (Lipinski definition) is 3. The van der Waals surface area contributed by atoms with Crippen LogP contribution in [0, 0.1) is 11.6 Å². The fraction of sp³-hybridized carbons (Fsp3) is 0. The Bertz CT molecular complexity index is 1080. The Balaban J connectivity index is 1.76. The molecule has 0 saturated carbocycles. The summed E-state index contributed by atoms with van der Waals surface area (Å²) in [6, 6.07) is 17.0. The SMILES string of the molecule is O=C(O)/C(=C\c1ccc(Oc2ccccc2F)cc1)NC(=O)c1cccc(F)c1. The second-order valence-corrected chi connectivity index (χ2v) is 5.93. The third-order valence-electron chi connectivity index (χ3n) is 3.82. The maximum absolute atomic E-state index is 13.6. The van der Waals surface area contributed by atoms with Gasteiger partial charge in [0.2, 0.25) is 0 Å². The van der Waals surface area contributed by atoms with Crippen molar-refractivity contribution in [3.63, 3.8) is 0 Å². The van der Waals surface area contributed by atoms with Gasteiger partial charge in [-0.25, -0.2) is 13.6 Å². The standard InChI is InChI=1S/C22H15F2NO4/c23-16-5-3-4-15(13-16)21(26)25-19(22(27)28)12-14-8-10-17(11-9-14)29-20-7-2-1-6-18(20)24/h1-13H,(H,25,26)(H,27,28)/b19-12+. The average Bonchev–Trinajstić information content (AvgIpc) is 2.70. The first-order valence-corrected chi connectivity index (χ1v) is 8.47. The van der Waals surface area contributed by atoms with Crippen LogP contribution in [0.2, 0.25) is 0 Å². The Labute approximate surface area is 164 Å². The Morgan fingerprint density at radius 3 is 2.31 bits per heavy atom. The minimum Gasteiger partial charge on any atom is -0.477 e. The highest BCUT2D eigenvalue weighted by molar-refractivity contribution is 6.02. The van der Waals surface area contributed by atoms with E-state index in [9.17, 15) is 23.5 Å². The lowest BCUT2D eigenvalue weighted by Gasteiger charge is -2.08. The van der Waals surface area contributed by atoms with Crippen LogP contribution < -0.4 is 10.1 Å². The number of ether oxygens (including phenoxy) is 1. The van der Waals surface area contributed by atoms with Crippen LogP contribution in [0.3, 0.4) is 0 Å². The van der Waals surface area contributed by atoms with Gasteiger partial charge in [-0.05, 0) is 54.1 Å². The molecule has 0 aliphatic rings. The molecule has 1 amide bonds. The Morgan fingerprint density at radius 2 is 1.66 bits per heavy atom. The summed E-state index contributed by atoms with van der Waals surface area (Å²) in [7, 11) is 0. The summed E-state index contributed by atoms with van der Waals surface area (Å²) in [6.07, 6.45) is 1.24. The van der Waals surface area contributed by atoms with Crippen molar-refractivity contribution in [2.24, 2.45) is 0 Å². The molecular weight excluding hydrogens is 380 g/mol. The molecular formula is C22H15F2NO4. The molecule has 0 aliphatic heterocycles. The minimum atomic E-state index is -1.36. The van der Waals surface area contributed by atoms with Gasteiger partial charge in [0.25, 0.3) is 5.91 Å². The largest absolute Gasteiger partial charge is 0.477 e. The van der Waals surface area contributed by atoms with Gasteiger partial charge in [0.05, 0.1) is 0 Å². The first-order valence-electron chi connectivity index (χ1n) is 8.47. The molecule has 0 aliphatic carbocycles. The van der Waals surface area contributed by atoms with Gasteiger partial charge in [-0.15, -0.1) is 0 Å². The predicted octanol–water partition coefficient (Wildman–Crippen LogP) is 4.61. The number of carbonyl (C=O) groups is 2. The number of halogens is 2. The predicted molar refractivity (Wildman–Crippen MR) is 102 cm³/mol. The molecule has 0 radical (unpaired) electrons. The monoisotopic (exact) mass is 395 g/mol. The molecule has 146 valence electrons. The number of carboxylic acids is 1. The van der Waals surface area contributed by atoms with Crippen LogP contribution in [0.4, 0.5) is 8.78 Å². The van der Waals surface area contributed by atoms with Gasteiger partial charge in [-0.3, -0.25) is 4.79 Å². The number of carboxylic acid groups (broad SMARTS) is 1. The summed E-state index contributed by atoms with van der Waals surface area (Å²) in [5.74, 6) is -2.81. The molecule has 3 aromatic rings. The number of carbonyl (C=O) groups excluding carboxylic acids is 1. The number of aliphatic carboxylic acids is 1. The zero-order valence-corrected chi connectivity index (χ0v) is 14.9. The summed E-state index contributed by atoms with van der Waals surface area (Å²) in [5, 5.41) is 11.6. The molecule has 3 rings (SSSR count). The van der Waals surface area contributed by atoms with Crippen molar-refractivity contribution >= 4 is 18.0 Å². The molecule has 5 nitrogen and oxygen atoms in total. The highest BCUT2D eigenvalue weighted by atomic mass is 19.1. The molecule has 29 heavy (non-hydrogen) atoms. The zero-order valence-electron chi connectivity index (χ0n) is 14.9.